The lowest BCUT2D eigenvalue weighted by Crippen LogP contribution is -2.15. The van der Waals surface area contributed by atoms with Gasteiger partial charge >= 0.3 is 0 Å². The zero-order chi connectivity index (χ0) is 12.5. The van der Waals surface area contributed by atoms with E-state index in [4.69, 9.17) is 4.74 Å². The summed E-state index contributed by atoms with van der Waals surface area (Å²) < 4.78 is 5.23. The summed E-state index contributed by atoms with van der Waals surface area (Å²) in [7, 11) is 1.57. The first kappa shape index (κ1) is 11.9. The van der Waals surface area contributed by atoms with Crippen molar-refractivity contribution >= 4 is 11.6 Å². The summed E-state index contributed by atoms with van der Waals surface area (Å²) in [5.41, 5.74) is 1.00. The van der Waals surface area contributed by atoms with E-state index < -0.39 is 5.60 Å². The van der Waals surface area contributed by atoms with Crippen molar-refractivity contribution in [2.45, 2.75) is 31.8 Å². The van der Waals surface area contributed by atoms with Crippen molar-refractivity contribution in [3.63, 3.8) is 0 Å². The highest BCUT2D eigenvalue weighted by Crippen LogP contribution is 2.41. The van der Waals surface area contributed by atoms with Gasteiger partial charge < -0.3 is 15.2 Å². The molecule has 92 valence electrons. The minimum absolute atomic E-state index is 0.140. The largest absolute Gasteiger partial charge is 0.495 e. The van der Waals surface area contributed by atoms with Crippen LogP contribution >= 0.6 is 0 Å². The molecule has 0 unspecified atom stereocenters. The molecule has 1 aliphatic rings. The lowest BCUT2D eigenvalue weighted by molar-refractivity contribution is -0.114. The molecular formula is C13H17NO3. The number of ether oxygens (including phenoxy) is 1. The van der Waals surface area contributed by atoms with E-state index in [0.29, 0.717) is 17.9 Å². The molecule has 2 N–H and O–H groups in total. The molecule has 1 aromatic carbocycles. The third-order valence-electron chi connectivity index (χ3n) is 2.98. The summed E-state index contributed by atoms with van der Waals surface area (Å²) in [5.74, 6) is 0.487. The van der Waals surface area contributed by atoms with Gasteiger partial charge in [-0.05, 0) is 24.5 Å². The summed E-state index contributed by atoms with van der Waals surface area (Å²) in [6.07, 6.45) is 2.20. The number of aliphatic hydroxyl groups is 1. The molecule has 1 saturated carbocycles. The first-order valence-electron chi connectivity index (χ1n) is 5.70. The first-order valence-corrected chi connectivity index (χ1v) is 5.70. The summed E-state index contributed by atoms with van der Waals surface area (Å²) in [5, 5.41) is 12.7. The molecule has 0 heterocycles. The van der Waals surface area contributed by atoms with Crippen molar-refractivity contribution in [1.29, 1.82) is 0 Å². The van der Waals surface area contributed by atoms with Gasteiger partial charge in [0.15, 0.2) is 0 Å². The molecule has 0 atom stereocenters. The van der Waals surface area contributed by atoms with Crippen LogP contribution in [0.5, 0.6) is 5.75 Å². The molecule has 2 rings (SSSR count). The summed E-state index contributed by atoms with van der Waals surface area (Å²) in [6, 6.07) is 5.57. The van der Waals surface area contributed by atoms with Crippen LogP contribution in [0.1, 0.15) is 25.3 Å². The van der Waals surface area contributed by atoms with E-state index in [9.17, 15) is 9.90 Å². The Balaban J connectivity index is 2.31. The molecule has 4 heteroatoms. The molecule has 1 aromatic rings. The Morgan fingerprint density at radius 3 is 2.76 bits per heavy atom. The van der Waals surface area contributed by atoms with E-state index in [2.05, 4.69) is 5.32 Å². The number of nitrogens with one attached hydrogen (secondary N) is 1. The number of carbonyl (C=O) groups is 1. The second-order valence-electron chi connectivity index (χ2n) is 4.58. The van der Waals surface area contributed by atoms with Gasteiger partial charge in [-0.25, -0.2) is 0 Å². The van der Waals surface area contributed by atoms with Gasteiger partial charge in [-0.1, -0.05) is 12.1 Å². The fraction of sp³-hybridized carbons (Fsp3) is 0.462. The summed E-state index contributed by atoms with van der Waals surface area (Å²) >= 11 is 0. The van der Waals surface area contributed by atoms with Crippen LogP contribution < -0.4 is 10.1 Å². The van der Waals surface area contributed by atoms with Crippen molar-refractivity contribution in [3.8, 4) is 5.75 Å². The van der Waals surface area contributed by atoms with Crippen LogP contribution in [0.4, 0.5) is 5.69 Å². The van der Waals surface area contributed by atoms with Crippen molar-refractivity contribution in [2.75, 3.05) is 12.4 Å². The maximum Gasteiger partial charge on any atom is 0.221 e. The fourth-order valence-electron chi connectivity index (χ4n) is 1.89. The smallest absolute Gasteiger partial charge is 0.221 e. The Labute approximate surface area is 101 Å². The van der Waals surface area contributed by atoms with Crippen LogP contribution in [0.15, 0.2) is 18.2 Å². The Morgan fingerprint density at radius 1 is 1.53 bits per heavy atom. The quantitative estimate of drug-likeness (QED) is 0.835. The first-order chi connectivity index (χ1) is 8.04. The van der Waals surface area contributed by atoms with E-state index in [1.807, 2.05) is 12.1 Å². The maximum absolute atomic E-state index is 11.2. The maximum atomic E-state index is 11.2. The fourth-order valence-corrected chi connectivity index (χ4v) is 1.89. The normalized spacial score (nSPS) is 16.4. The number of anilines is 1. The van der Waals surface area contributed by atoms with Crippen molar-refractivity contribution in [2.24, 2.45) is 0 Å². The molecule has 0 saturated heterocycles. The number of amides is 1. The monoisotopic (exact) mass is 235 g/mol. The lowest BCUT2D eigenvalue weighted by atomic mass is 10.0. The van der Waals surface area contributed by atoms with Gasteiger partial charge in [-0.15, -0.1) is 0 Å². The number of benzene rings is 1. The number of rotatable bonds is 4. The Morgan fingerprint density at radius 2 is 2.24 bits per heavy atom. The number of hydrogen-bond donors (Lipinski definition) is 2. The van der Waals surface area contributed by atoms with Crippen molar-refractivity contribution in [3.05, 3.63) is 23.8 Å². The number of carbonyl (C=O) groups excluding carboxylic acids is 1. The molecule has 0 spiro atoms. The van der Waals surface area contributed by atoms with Crippen LogP contribution in [0.2, 0.25) is 0 Å². The molecule has 0 aliphatic heterocycles. The zero-order valence-corrected chi connectivity index (χ0v) is 10.1. The molecule has 1 fully saturated rings. The number of methoxy groups -OCH3 is 1. The summed E-state index contributed by atoms with van der Waals surface area (Å²) in [4.78, 5) is 11.2. The topological polar surface area (TPSA) is 58.6 Å². The van der Waals surface area contributed by atoms with Gasteiger partial charge in [0, 0.05) is 13.3 Å². The van der Waals surface area contributed by atoms with E-state index in [1.165, 1.54) is 6.92 Å². The highest BCUT2D eigenvalue weighted by Gasteiger charge is 2.40. The SMILES string of the molecule is COc1cccc(CC2(O)CC2)c1NC(C)=O. The van der Waals surface area contributed by atoms with E-state index in [0.717, 1.165) is 18.4 Å². The van der Waals surface area contributed by atoms with Crippen LogP contribution in [0, 0.1) is 0 Å². The van der Waals surface area contributed by atoms with E-state index in [1.54, 1.807) is 13.2 Å². The second kappa shape index (κ2) is 4.37. The van der Waals surface area contributed by atoms with Gasteiger partial charge in [0.05, 0.1) is 18.4 Å². The summed E-state index contributed by atoms with van der Waals surface area (Å²) in [6.45, 7) is 1.46. The van der Waals surface area contributed by atoms with Gasteiger partial charge in [0.25, 0.3) is 0 Å². The second-order valence-corrected chi connectivity index (χ2v) is 4.58. The Bertz CT molecular complexity index is 438. The average molecular weight is 235 g/mol. The predicted molar refractivity (Wildman–Crippen MR) is 65.2 cm³/mol. The van der Waals surface area contributed by atoms with Gasteiger partial charge in [-0.3, -0.25) is 4.79 Å². The molecule has 1 aliphatic carbocycles. The highest BCUT2D eigenvalue weighted by atomic mass is 16.5. The highest BCUT2D eigenvalue weighted by molar-refractivity contribution is 5.91. The minimum Gasteiger partial charge on any atom is -0.495 e. The van der Waals surface area contributed by atoms with Crippen LogP contribution in [0.25, 0.3) is 0 Å². The average Bonchev–Trinajstić information content (AvgIpc) is 2.98. The van der Waals surface area contributed by atoms with Crippen molar-refractivity contribution < 1.29 is 14.6 Å². The molecule has 4 nitrogen and oxygen atoms in total. The van der Waals surface area contributed by atoms with Crippen LogP contribution in [-0.2, 0) is 11.2 Å². The third-order valence-corrected chi connectivity index (χ3v) is 2.98. The lowest BCUT2D eigenvalue weighted by Gasteiger charge is -2.16. The number of hydrogen-bond acceptors (Lipinski definition) is 3. The molecular weight excluding hydrogens is 218 g/mol. The molecule has 1 amide bonds. The van der Waals surface area contributed by atoms with E-state index >= 15 is 0 Å². The Hall–Kier alpha value is -1.55. The minimum atomic E-state index is -0.584. The predicted octanol–water partition coefficient (Wildman–Crippen LogP) is 1.72. The molecule has 0 aromatic heterocycles. The molecule has 17 heavy (non-hydrogen) atoms. The van der Waals surface area contributed by atoms with Gasteiger partial charge in [-0.2, -0.15) is 0 Å². The molecule has 0 bridgehead atoms. The van der Waals surface area contributed by atoms with Crippen molar-refractivity contribution in [1.82, 2.24) is 0 Å². The number of para-hydroxylation sites is 1. The van der Waals surface area contributed by atoms with Gasteiger partial charge in [0.2, 0.25) is 5.91 Å². The van der Waals surface area contributed by atoms with E-state index in [-0.39, 0.29) is 5.91 Å². The zero-order valence-electron chi connectivity index (χ0n) is 10.1. The van der Waals surface area contributed by atoms with Crippen LogP contribution in [0.3, 0.4) is 0 Å². The van der Waals surface area contributed by atoms with Crippen LogP contribution in [-0.4, -0.2) is 23.7 Å². The molecule has 0 radical (unpaired) electrons. The Kier molecular flexibility index (Phi) is 3.07. The standard InChI is InChI=1S/C13H17NO3/c1-9(15)14-12-10(8-13(16)6-7-13)4-3-5-11(12)17-2/h3-5,16H,6-8H2,1-2H3,(H,14,15). The third kappa shape index (κ3) is 2.77. The van der Waals surface area contributed by atoms with Gasteiger partial charge in [0.1, 0.15) is 5.75 Å².